The van der Waals surface area contributed by atoms with Crippen LogP contribution in [0.15, 0.2) is 39.9 Å². The van der Waals surface area contributed by atoms with E-state index in [-0.39, 0.29) is 17.2 Å². The number of carbonyl (C=O) groups excluding carboxylic acids is 2. The van der Waals surface area contributed by atoms with Crippen LogP contribution in [0.3, 0.4) is 0 Å². The van der Waals surface area contributed by atoms with E-state index in [0.717, 1.165) is 22.5 Å². The van der Waals surface area contributed by atoms with Gasteiger partial charge in [0.1, 0.15) is 4.21 Å². The molecule has 1 amide bonds. The molecule has 2 N–H and O–H groups in total. The smallest absolute Gasteiger partial charge is 0.307 e. The lowest BCUT2D eigenvalue weighted by Gasteiger charge is -2.09. The summed E-state index contributed by atoms with van der Waals surface area (Å²) in [7, 11) is -3.61. The number of aryl methyl sites for hydroxylation is 2. The molecule has 0 spiro atoms. The number of rotatable bonds is 8. The summed E-state index contributed by atoms with van der Waals surface area (Å²) in [4.78, 5) is 23.5. The molecule has 0 aliphatic heterocycles. The molecule has 1 heterocycles. The number of thiophene rings is 1. The van der Waals surface area contributed by atoms with Crippen molar-refractivity contribution in [1.29, 1.82) is 0 Å². The van der Waals surface area contributed by atoms with Crippen molar-refractivity contribution in [3.63, 3.8) is 0 Å². The molecule has 7 nitrogen and oxygen atoms in total. The Kier molecular flexibility index (Phi) is 6.90. The van der Waals surface area contributed by atoms with Crippen LogP contribution in [-0.4, -0.2) is 33.4 Å². The van der Waals surface area contributed by atoms with Crippen molar-refractivity contribution in [2.45, 2.75) is 24.5 Å². The second kappa shape index (κ2) is 8.93. The third-order valence-corrected chi connectivity index (χ3v) is 6.11. The van der Waals surface area contributed by atoms with Gasteiger partial charge < -0.3 is 10.1 Å². The normalized spacial score (nSPS) is 11.2. The van der Waals surface area contributed by atoms with E-state index in [1.807, 2.05) is 32.0 Å². The van der Waals surface area contributed by atoms with Gasteiger partial charge in [-0.1, -0.05) is 12.1 Å². The Labute approximate surface area is 156 Å². The van der Waals surface area contributed by atoms with Crippen molar-refractivity contribution in [2.24, 2.45) is 0 Å². The average Bonchev–Trinajstić information content (AvgIpc) is 3.07. The summed E-state index contributed by atoms with van der Waals surface area (Å²) in [5, 5.41) is 4.30. The van der Waals surface area contributed by atoms with Crippen LogP contribution in [0.5, 0.6) is 0 Å². The largest absolute Gasteiger partial charge is 0.456 e. The molecule has 0 fully saturated rings. The van der Waals surface area contributed by atoms with Crippen molar-refractivity contribution in [3.05, 3.63) is 46.8 Å². The van der Waals surface area contributed by atoms with Crippen LogP contribution in [0.25, 0.3) is 0 Å². The Bertz CT molecular complexity index is 856. The van der Waals surface area contributed by atoms with E-state index >= 15 is 0 Å². The highest BCUT2D eigenvalue weighted by Crippen LogP contribution is 2.15. The maximum absolute atomic E-state index is 11.9. The molecular formula is C17H20N2O5S2. The zero-order chi connectivity index (χ0) is 19.2. The van der Waals surface area contributed by atoms with Crippen molar-refractivity contribution < 1.29 is 22.7 Å². The molecule has 0 atom stereocenters. The fourth-order valence-electron chi connectivity index (χ4n) is 2.24. The Morgan fingerprint density at radius 1 is 1.15 bits per heavy atom. The molecule has 0 saturated carbocycles. The van der Waals surface area contributed by atoms with Gasteiger partial charge in [-0.3, -0.25) is 9.59 Å². The predicted molar refractivity (Wildman–Crippen MR) is 99.6 cm³/mol. The van der Waals surface area contributed by atoms with Gasteiger partial charge in [0, 0.05) is 12.2 Å². The highest BCUT2D eigenvalue weighted by atomic mass is 32.2. The monoisotopic (exact) mass is 396 g/mol. The predicted octanol–water partition coefficient (Wildman–Crippen LogP) is 2.22. The molecule has 0 unspecified atom stereocenters. The Hall–Kier alpha value is -2.23. The lowest BCUT2D eigenvalue weighted by atomic mass is 10.1. The van der Waals surface area contributed by atoms with Crippen LogP contribution in [0.2, 0.25) is 0 Å². The van der Waals surface area contributed by atoms with Gasteiger partial charge in [-0.25, -0.2) is 13.1 Å². The summed E-state index contributed by atoms with van der Waals surface area (Å²) in [6.07, 6.45) is -0.165. The first-order chi connectivity index (χ1) is 12.3. The van der Waals surface area contributed by atoms with Crippen molar-refractivity contribution in [1.82, 2.24) is 4.72 Å². The number of carbonyl (C=O) groups is 2. The number of ether oxygens (including phenoxy) is 1. The van der Waals surface area contributed by atoms with Gasteiger partial charge in [-0.05, 0) is 48.6 Å². The zero-order valence-electron chi connectivity index (χ0n) is 14.4. The number of nitrogens with one attached hydrogen (secondary N) is 2. The summed E-state index contributed by atoms with van der Waals surface area (Å²) in [5.41, 5.74) is 2.65. The zero-order valence-corrected chi connectivity index (χ0v) is 16.1. The Morgan fingerprint density at radius 2 is 1.85 bits per heavy atom. The third-order valence-electron chi connectivity index (χ3n) is 3.25. The van der Waals surface area contributed by atoms with Gasteiger partial charge in [0.15, 0.2) is 6.61 Å². The lowest BCUT2D eigenvalue weighted by molar-refractivity contribution is -0.147. The van der Waals surface area contributed by atoms with E-state index in [0.29, 0.717) is 5.69 Å². The first kappa shape index (κ1) is 20.1. The number of esters is 1. The van der Waals surface area contributed by atoms with Gasteiger partial charge >= 0.3 is 5.97 Å². The van der Waals surface area contributed by atoms with Crippen LogP contribution in [-0.2, 0) is 24.3 Å². The number of hydrogen-bond donors (Lipinski definition) is 2. The number of anilines is 1. The summed E-state index contributed by atoms with van der Waals surface area (Å²) < 4.78 is 31.1. The molecule has 140 valence electrons. The van der Waals surface area contributed by atoms with E-state index in [2.05, 4.69) is 10.0 Å². The maximum Gasteiger partial charge on any atom is 0.307 e. The molecule has 26 heavy (non-hydrogen) atoms. The highest BCUT2D eigenvalue weighted by Gasteiger charge is 2.15. The van der Waals surface area contributed by atoms with E-state index in [1.54, 1.807) is 11.4 Å². The molecule has 0 radical (unpaired) electrons. The number of benzene rings is 1. The topological polar surface area (TPSA) is 102 Å². The summed E-state index contributed by atoms with van der Waals surface area (Å²) in [6, 6.07) is 8.70. The fraction of sp³-hybridized carbons (Fsp3) is 0.294. The molecule has 0 saturated heterocycles. The van der Waals surface area contributed by atoms with Gasteiger partial charge in [-0.2, -0.15) is 0 Å². The second-order valence-electron chi connectivity index (χ2n) is 5.67. The fourth-order valence-corrected chi connectivity index (χ4v) is 4.31. The summed E-state index contributed by atoms with van der Waals surface area (Å²) in [6.45, 7) is 3.31. The molecule has 9 heteroatoms. The summed E-state index contributed by atoms with van der Waals surface area (Å²) >= 11 is 1.09. The van der Waals surface area contributed by atoms with Crippen molar-refractivity contribution in [2.75, 3.05) is 18.5 Å². The minimum absolute atomic E-state index is 0.0994. The summed E-state index contributed by atoms with van der Waals surface area (Å²) in [5.74, 6) is -1.11. The van der Waals surface area contributed by atoms with Crippen LogP contribution < -0.4 is 10.0 Å². The molecule has 1 aromatic heterocycles. The van der Waals surface area contributed by atoms with Gasteiger partial charge in [-0.15, -0.1) is 11.3 Å². The van der Waals surface area contributed by atoms with E-state index in [9.17, 15) is 18.0 Å². The highest BCUT2D eigenvalue weighted by molar-refractivity contribution is 7.91. The van der Waals surface area contributed by atoms with Gasteiger partial charge in [0.2, 0.25) is 10.0 Å². The Morgan fingerprint density at radius 3 is 2.46 bits per heavy atom. The van der Waals surface area contributed by atoms with Crippen LogP contribution in [0, 0.1) is 13.8 Å². The molecular weight excluding hydrogens is 376 g/mol. The van der Waals surface area contributed by atoms with Gasteiger partial charge in [0.25, 0.3) is 5.91 Å². The molecule has 0 aliphatic rings. The van der Waals surface area contributed by atoms with E-state index < -0.39 is 28.5 Å². The molecule has 0 aliphatic carbocycles. The quantitative estimate of drug-likeness (QED) is 0.666. The number of hydrogen-bond acceptors (Lipinski definition) is 6. The van der Waals surface area contributed by atoms with E-state index in [1.165, 1.54) is 6.07 Å². The number of sulfonamides is 1. The lowest BCUT2D eigenvalue weighted by Crippen LogP contribution is -2.27. The Balaban J connectivity index is 1.72. The molecule has 2 aromatic rings. The average molecular weight is 396 g/mol. The minimum Gasteiger partial charge on any atom is -0.456 e. The van der Waals surface area contributed by atoms with Gasteiger partial charge in [0.05, 0.1) is 6.42 Å². The molecule has 0 bridgehead atoms. The van der Waals surface area contributed by atoms with Crippen LogP contribution >= 0.6 is 11.3 Å². The molecule has 2 rings (SSSR count). The van der Waals surface area contributed by atoms with Crippen molar-refractivity contribution >= 4 is 38.9 Å². The SMILES string of the molecule is Cc1cc(C)cc(NC(=O)COC(=O)CCNS(=O)(=O)c2cccs2)c1. The van der Waals surface area contributed by atoms with Crippen LogP contribution in [0.4, 0.5) is 5.69 Å². The first-order valence-electron chi connectivity index (χ1n) is 7.83. The van der Waals surface area contributed by atoms with Crippen LogP contribution in [0.1, 0.15) is 17.5 Å². The minimum atomic E-state index is -3.61. The van der Waals surface area contributed by atoms with E-state index in [4.69, 9.17) is 4.74 Å². The second-order valence-corrected chi connectivity index (χ2v) is 8.61. The third kappa shape index (κ3) is 6.25. The maximum atomic E-state index is 11.9. The standard InChI is InChI=1S/C17H20N2O5S2/c1-12-8-13(2)10-14(9-12)19-15(20)11-24-16(21)5-6-18-26(22,23)17-4-3-7-25-17/h3-4,7-10,18H,5-6,11H2,1-2H3,(H,19,20). The number of amides is 1. The molecule has 1 aromatic carbocycles. The first-order valence-corrected chi connectivity index (χ1v) is 10.2. The van der Waals surface area contributed by atoms with Crippen molar-refractivity contribution in [3.8, 4) is 0 Å².